The molecule has 1 atom stereocenters. The Bertz CT molecular complexity index is 859. The van der Waals surface area contributed by atoms with Gasteiger partial charge in [-0.25, -0.2) is 0 Å². The van der Waals surface area contributed by atoms with Crippen LogP contribution in [-0.4, -0.2) is 11.5 Å². The molecule has 0 saturated carbocycles. The van der Waals surface area contributed by atoms with Crippen LogP contribution in [0.2, 0.25) is 5.02 Å². The van der Waals surface area contributed by atoms with E-state index in [4.69, 9.17) is 16.3 Å². The number of hydrogen-bond acceptors (Lipinski definition) is 2. The molecule has 0 fully saturated rings. The number of halogens is 1. The Labute approximate surface area is 147 Å². The number of nitrogens with one attached hydrogen (secondary N) is 1. The topological polar surface area (TPSA) is 38.3 Å². The smallest absolute Gasteiger partial charge is 0.239 e. The van der Waals surface area contributed by atoms with Crippen LogP contribution in [0.4, 0.5) is 5.69 Å². The van der Waals surface area contributed by atoms with E-state index in [9.17, 15) is 4.79 Å². The molecular weight excluding hydrogens is 322 g/mol. The normalized spacial score (nSPS) is 23.9. The summed E-state index contributed by atoms with van der Waals surface area (Å²) in [4.78, 5) is 12.8. The Balaban J connectivity index is 1.82. The summed E-state index contributed by atoms with van der Waals surface area (Å²) in [5.74, 6) is 0.903. The van der Waals surface area contributed by atoms with Crippen molar-refractivity contribution in [3.05, 3.63) is 58.1 Å². The van der Waals surface area contributed by atoms with E-state index in [1.165, 1.54) is 0 Å². The molecule has 2 aliphatic rings. The van der Waals surface area contributed by atoms with Gasteiger partial charge in [0.25, 0.3) is 0 Å². The molecular formula is C20H20ClNO2. The first-order valence-corrected chi connectivity index (χ1v) is 8.61. The molecule has 1 N–H and O–H groups in total. The molecule has 3 nitrogen and oxygen atoms in total. The van der Waals surface area contributed by atoms with Crippen LogP contribution in [0, 0.1) is 0 Å². The Morgan fingerprint density at radius 1 is 1.12 bits per heavy atom. The summed E-state index contributed by atoms with van der Waals surface area (Å²) < 4.78 is 6.06. The predicted octanol–water partition coefficient (Wildman–Crippen LogP) is 4.70. The Hall–Kier alpha value is -2.00. The molecule has 2 aliphatic heterocycles. The van der Waals surface area contributed by atoms with Gasteiger partial charge >= 0.3 is 0 Å². The van der Waals surface area contributed by atoms with Crippen molar-refractivity contribution in [2.24, 2.45) is 0 Å². The number of ether oxygens (including phenoxy) is 1. The maximum absolute atomic E-state index is 12.8. The lowest BCUT2D eigenvalue weighted by Gasteiger charge is -2.33. The fourth-order valence-electron chi connectivity index (χ4n) is 3.67. The fraction of sp³-hybridized carbons (Fsp3) is 0.350. The Morgan fingerprint density at radius 2 is 1.92 bits per heavy atom. The first-order chi connectivity index (χ1) is 11.3. The van der Waals surface area contributed by atoms with Crippen molar-refractivity contribution >= 4 is 23.2 Å². The number of anilines is 1. The highest BCUT2D eigenvalue weighted by Crippen LogP contribution is 2.45. The number of hydrogen-bond donors (Lipinski definition) is 1. The maximum atomic E-state index is 12.8. The van der Waals surface area contributed by atoms with Crippen molar-refractivity contribution in [3.63, 3.8) is 0 Å². The molecule has 24 heavy (non-hydrogen) atoms. The van der Waals surface area contributed by atoms with Crippen LogP contribution in [0.3, 0.4) is 0 Å². The average molecular weight is 342 g/mol. The lowest BCUT2D eigenvalue weighted by Crippen LogP contribution is -2.34. The van der Waals surface area contributed by atoms with E-state index in [0.717, 1.165) is 41.0 Å². The summed E-state index contributed by atoms with van der Waals surface area (Å²) in [6.07, 6.45) is 1.92. The summed E-state index contributed by atoms with van der Waals surface area (Å²) in [5, 5.41) is 3.62. The number of carbonyl (C=O) groups excluding carboxylic acids is 1. The van der Waals surface area contributed by atoms with Gasteiger partial charge in [-0.3, -0.25) is 4.79 Å². The van der Waals surface area contributed by atoms with Gasteiger partial charge in [0.1, 0.15) is 11.4 Å². The van der Waals surface area contributed by atoms with Gasteiger partial charge in [0.2, 0.25) is 5.91 Å². The van der Waals surface area contributed by atoms with Gasteiger partial charge in [-0.1, -0.05) is 23.7 Å². The van der Waals surface area contributed by atoms with E-state index in [-0.39, 0.29) is 11.5 Å². The third kappa shape index (κ3) is 2.22. The molecule has 0 saturated heterocycles. The van der Waals surface area contributed by atoms with Gasteiger partial charge in [-0.2, -0.15) is 0 Å². The van der Waals surface area contributed by atoms with Crippen LogP contribution in [-0.2, 0) is 16.6 Å². The van der Waals surface area contributed by atoms with Crippen molar-refractivity contribution in [1.82, 2.24) is 0 Å². The zero-order valence-corrected chi connectivity index (χ0v) is 14.8. The molecule has 1 unspecified atom stereocenters. The molecule has 0 aromatic heterocycles. The van der Waals surface area contributed by atoms with Crippen LogP contribution >= 0.6 is 11.6 Å². The van der Waals surface area contributed by atoms with Crippen LogP contribution in [0.15, 0.2) is 36.4 Å². The summed E-state index contributed by atoms with van der Waals surface area (Å²) in [7, 11) is 0. The molecule has 0 bridgehead atoms. The second-order valence-corrected chi connectivity index (χ2v) is 7.89. The third-order valence-corrected chi connectivity index (χ3v) is 5.48. The zero-order chi connectivity index (χ0) is 17.1. The number of carbonyl (C=O) groups is 1. The molecule has 2 aromatic carbocycles. The van der Waals surface area contributed by atoms with Crippen molar-refractivity contribution in [2.45, 2.75) is 44.6 Å². The quantitative estimate of drug-likeness (QED) is 0.816. The molecule has 0 aliphatic carbocycles. The number of amides is 1. The Morgan fingerprint density at radius 3 is 2.71 bits per heavy atom. The van der Waals surface area contributed by atoms with Gasteiger partial charge in [0, 0.05) is 10.7 Å². The minimum absolute atomic E-state index is 0.0169. The minimum atomic E-state index is -0.734. The van der Waals surface area contributed by atoms with E-state index in [1.54, 1.807) is 6.07 Å². The van der Waals surface area contributed by atoms with E-state index in [2.05, 4.69) is 25.2 Å². The SMILES string of the molecule is CC1(C)CCc2cc(C3(C)C(=O)Nc4ccc(Cl)cc43)ccc2O1. The maximum Gasteiger partial charge on any atom is 0.239 e. The number of rotatable bonds is 1. The fourth-order valence-corrected chi connectivity index (χ4v) is 3.84. The van der Waals surface area contributed by atoms with Crippen molar-refractivity contribution in [3.8, 4) is 5.75 Å². The largest absolute Gasteiger partial charge is 0.488 e. The standard InChI is InChI=1S/C20H20ClNO2/c1-19(2)9-8-12-10-13(4-7-17(12)24-19)20(3)15-11-14(21)5-6-16(15)22-18(20)23/h4-7,10-11H,8-9H2,1-3H3,(H,22,23). The highest BCUT2D eigenvalue weighted by atomic mass is 35.5. The number of aryl methyl sites for hydroxylation is 1. The predicted molar refractivity (Wildman–Crippen MR) is 96.0 cm³/mol. The average Bonchev–Trinajstić information content (AvgIpc) is 2.78. The summed E-state index contributed by atoms with van der Waals surface area (Å²) >= 11 is 6.17. The summed E-state index contributed by atoms with van der Waals surface area (Å²) in [6, 6.07) is 11.6. The summed E-state index contributed by atoms with van der Waals surface area (Å²) in [5.41, 5.74) is 3.03. The van der Waals surface area contributed by atoms with Gasteiger partial charge in [0.05, 0.1) is 5.41 Å². The molecule has 2 aromatic rings. The minimum Gasteiger partial charge on any atom is -0.488 e. The number of benzene rings is 2. The lowest BCUT2D eigenvalue weighted by molar-refractivity contribution is -0.119. The molecule has 0 spiro atoms. The second kappa shape index (κ2) is 5.00. The van der Waals surface area contributed by atoms with Gasteiger partial charge in [-0.15, -0.1) is 0 Å². The van der Waals surface area contributed by atoms with Crippen molar-refractivity contribution < 1.29 is 9.53 Å². The summed E-state index contributed by atoms with van der Waals surface area (Å²) in [6.45, 7) is 6.17. The Kier molecular flexibility index (Phi) is 3.23. The first-order valence-electron chi connectivity index (χ1n) is 8.23. The van der Waals surface area contributed by atoms with Crippen LogP contribution < -0.4 is 10.1 Å². The highest BCUT2D eigenvalue weighted by molar-refractivity contribution is 6.31. The van der Waals surface area contributed by atoms with Crippen molar-refractivity contribution in [1.29, 1.82) is 0 Å². The second-order valence-electron chi connectivity index (χ2n) is 7.45. The van der Waals surface area contributed by atoms with Crippen LogP contribution in [0.1, 0.15) is 43.9 Å². The molecule has 2 heterocycles. The molecule has 4 rings (SSSR count). The first kappa shape index (κ1) is 15.5. The van der Waals surface area contributed by atoms with E-state index >= 15 is 0 Å². The van der Waals surface area contributed by atoms with Crippen molar-refractivity contribution in [2.75, 3.05) is 5.32 Å². The molecule has 124 valence electrons. The molecule has 1 amide bonds. The van der Waals surface area contributed by atoms with Crippen LogP contribution in [0.5, 0.6) is 5.75 Å². The highest BCUT2D eigenvalue weighted by Gasteiger charge is 2.44. The van der Waals surface area contributed by atoms with E-state index in [1.807, 2.05) is 31.2 Å². The molecule has 4 heteroatoms. The third-order valence-electron chi connectivity index (χ3n) is 5.24. The monoisotopic (exact) mass is 341 g/mol. The van der Waals surface area contributed by atoms with E-state index < -0.39 is 5.41 Å². The van der Waals surface area contributed by atoms with Gasteiger partial charge in [-0.05, 0) is 74.6 Å². The number of fused-ring (bicyclic) bond motifs is 2. The van der Waals surface area contributed by atoms with Gasteiger partial charge in [0.15, 0.2) is 0 Å². The zero-order valence-electron chi connectivity index (χ0n) is 14.1. The lowest BCUT2D eigenvalue weighted by atomic mass is 9.76. The van der Waals surface area contributed by atoms with Gasteiger partial charge < -0.3 is 10.1 Å². The van der Waals surface area contributed by atoms with E-state index in [0.29, 0.717) is 5.02 Å². The van der Waals surface area contributed by atoms with Crippen LogP contribution in [0.25, 0.3) is 0 Å². The molecule has 0 radical (unpaired) electrons.